The van der Waals surface area contributed by atoms with E-state index in [2.05, 4.69) is 5.32 Å². The lowest BCUT2D eigenvalue weighted by atomic mass is 10.0. The molecule has 1 N–H and O–H groups in total. The summed E-state index contributed by atoms with van der Waals surface area (Å²) in [5.74, 6) is -0.121. The van der Waals surface area contributed by atoms with E-state index in [0.29, 0.717) is 33.2 Å². The van der Waals surface area contributed by atoms with Crippen molar-refractivity contribution in [2.75, 3.05) is 12.4 Å². The van der Waals surface area contributed by atoms with Gasteiger partial charge in [0, 0.05) is 16.8 Å². The summed E-state index contributed by atoms with van der Waals surface area (Å²) in [6, 6.07) is 23.5. The molecule has 1 aliphatic heterocycles. The average molecular weight is 419 g/mol. The highest BCUT2D eigenvalue weighted by Crippen LogP contribution is 2.32. The summed E-state index contributed by atoms with van der Waals surface area (Å²) in [5, 5.41) is 3.64. The third-order valence-corrected chi connectivity index (χ3v) is 5.22. The number of nitrogens with one attached hydrogen (secondary N) is 1. The highest BCUT2D eigenvalue weighted by Gasteiger charge is 2.39. The maximum absolute atomic E-state index is 13.3. The van der Waals surface area contributed by atoms with Crippen molar-refractivity contribution >= 4 is 34.7 Å². The van der Waals surface area contributed by atoms with Crippen LogP contribution in [-0.2, 0) is 16.1 Å². The fraction of sp³-hybridized carbons (Fsp3) is 0.0833. The van der Waals surface area contributed by atoms with Gasteiger partial charge in [-0.3, -0.25) is 14.5 Å². The smallest absolute Gasteiger partial charge is 0.278 e. The van der Waals surface area contributed by atoms with Crippen LogP contribution in [0.15, 0.2) is 84.6 Å². The summed E-state index contributed by atoms with van der Waals surface area (Å²) in [6.07, 6.45) is 0. The number of ether oxygens (including phenoxy) is 1. The molecule has 0 atom stereocenters. The van der Waals surface area contributed by atoms with Crippen LogP contribution in [0.5, 0.6) is 5.75 Å². The van der Waals surface area contributed by atoms with Gasteiger partial charge in [0.1, 0.15) is 11.4 Å². The van der Waals surface area contributed by atoms with Gasteiger partial charge in [0.05, 0.1) is 19.2 Å². The molecule has 0 unspecified atom stereocenters. The number of rotatable bonds is 6. The number of halogens is 1. The summed E-state index contributed by atoms with van der Waals surface area (Å²) in [7, 11) is 1.57. The molecule has 150 valence electrons. The summed E-state index contributed by atoms with van der Waals surface area (Å²) in [5.41, 5.74) is 2.58. The Balaban J connectivity index is 1.74. The fourth-order valence-corrected chi connectivity index (χ4v) is 3.55. The van der Waals surface area contributed by atoms with E-state index in [1.165, 1.54) is 4.90 Å². The zero-order valence-corrected chi connectivity index (χ0v) is 17.0. The van der Waals surface area contributed by atoms with Crippen LogP contribution < -0.4 is 10.1 Å². The maximum atomic E-state index is 13.3. The van der Waals surface area contributed by atoms with Crippen molar-refractivity contribution in [3.63, 3.8) is 0 Å². The predicted octanol–water partition coefficient (Wildman–Crippen LogP) is 4.74. The van der Waals surface area contributed by atoms with Gasteiger partial charge in [-0.15, -0.1) is 0 Å². The number of carbonyl (C=O) groups is 2. The molecule has 0 radical (unpaired) electrons. The number of hydrogen-bond donors (Lipinski definition) is 1. The number of carbonyl (C=O) groups excluding carboxylic acids is 2. The number of imide groups is 1. The molecular formula is C24H19ClN2O3. The van der Waals surface area contributed by atoms with Crippen molar-refractivity contribution in [2.45, 2.75) is 6.54 Å². The van der Waals surface area contributed by atoms with Crippen molar-refractivity contribution in [3.05, 3.63) is 101 Å². The molecule has 2 amide bonds. The van der Waals surface area contributed by atoms with Gasteiger partial charge in [0.2, 0.25) is 0 Å². The number of anilines is 1. The standard InChI is InChI=1S/C24H19ClN2O3/c1-30-19-12-7-11-18(14-19)26-22-21(16-8-3-2-4-9-16)23(28)27(24(22)29)15-17-10-5-6-13-20(17)25/h2-14,26H,15H2,1H3. The molecule has 0 aliphatic carbocycles. The lowest BCUT2D eigenvalue weighted by Crippen LogP contribution is -2.32. The van der Waals surface area contributed by atoms with Crippen molar-refractivity contribution in [1.29, 1.82) is 0 Å². The van der Waals surface area contributed by atoms with Crippen LogP contribution in [0.2, 0.25) is 5.02 Å². The van der Waals surface area contributed by atoms with Crippen LogP contribution in [0.25, 0.3) is 5.57 Å². The fourth-order valence-electron chi connectivity index (χ4n) is 3.35. The Labute approximate surface area is 179 Å². The first-order chi connectivity index (χ1) is 14.6. The second-order valence-electron chi connectivity index (χ2n) is 6.76. The number of nitrogens with zero attached hydrogens (tertiary/aromatic N) is 1. The van der Waals surface area contributed by atoms with Crippen LogP contribution in [0, 0.1) is 0 Å². The second kappa shape index (κ2) is 8.43. The van der Waals surface area contributed by atoms with Gasteiger partial charge in [0.25, 0.3) is 11.8 Å². The maximum Gasteiger partial charge on any atom is 0.278 e. The molecule has 6 heteroatoms. The Kier molecular flexibility index (Phi) is 5.55. The molecule has 1 heterocycles. The molecule has 0 aromatic heterocycles. The average Bonchev–Trinajstić information content (AvgIpc) is 3.00. The molecule has 0 saturated carbocycles. The Hall–Kier alpha value is -3.57. The summed E-state index contributed by atoms with van der Waals surface area (Å²) in [6.45, 7) is 0.0942. The van der Waals surface area contributed by atoms with E-state index < -0.39 is 5.91 Å². The molecule has 3 aromatic rings. The Bertz CT molecular complexity index is 1140. The second-order valence-corrected chi connectivity index (χ2v) is 7.17. The molecular weight excluding hydrogens is 400 g/mol. The van der Waals surface area contributed by atoms with E-state index in [9.17, 15) is 9.59 Å². The third kappa shape index (κ3) is 3.80. The topological polar surface area (TPSA) is 58.6 Å². The SMILES string of the molecule is COc1cccc(NC2=C(c3ccccc3)C(=O)N(Cc3ccccc3Cl)C2=O)c1. The Morgan fingerprint density at radius 1 is 0.900 bits per heavy atom. The van der Waals surface area contributed by atoms with E-state index in [4.69, 9.17) is 16.3 Å². The van der Waals surface area contributed by atoms with Gasteiger partial charge in [0.15, 0.2) is 0 Å². The normalized spacial score (nSPS) is 13.7. The van der Waals surface area contributed by atoms with Crippen molar-refractivity contribution < 1.29 is 14.3 Å². The Morgan fingerprint density at radius 2 is 1.63 bits per heavy atom. The summed E-state index contributed by atoms with van der Waals surface area (Å²) in [4.78, 5) is 27.8. The van der Waals surface area contributed by atoms with Crippen molar-refractivity contribution in [1.82, 2.24) is 4.90 Å². The van der Waals surface area contributed by atoms with Crippen LogP contribution in [-0.4, -0.2) is 23.8 Å². The monoisotopic (exact) mass is 418 g/mol. The first-order valence-electron chi connectivity index (χ1n) is 9.39. The van der Waals surface area contributed by atoms with Crippen molar-refractivity contribution in [3.8, 4) is 5.75 Å². The molecule has 0 bridgehead atoms. The van der Waals surface area contributed by atoms with Gasteiger partial charge in [-0.1, -0.05) is 66.2 Å². The minimum Gasteiger partial charge on any atom is -0.497 e. The molecule has 1 aliphatic rings. The van der Waals surface area contributed by atoms with Crippen LogP contribution >= 0.6 is 11.6 Å². The highest BCUT2D eigenvalue weighted by atomic mass is 35.5. The summed E-state index contributed by atoms with van der Waals surface area (Å²) >= 11 is 6.26. The first kappa shape index (κ1) is 19.7. The van der Waals surface area contributed by atoms with E-state index >= 15 is 0 Å². The quantitative estimate of drug-likeness (QED) is 0.587. The molecule has 0 fully saturated rings. The number of hydrogen-bond acceptors (Lipinski definition) is 4. The van der Waals surface area contributed by atoms with Gasteiger partial charge >= 0.3 is 0 Å². The zero-order valence-electron chi connectivity index (χ0n) is 16.3. The first-order valence-corrected chi connectivity index (χ1v) is 9.76. The van der Waals surface area contributed by atoms with E-state index in [1.54, 1.807) is 25.3 Å². The summed E-state index contributed by atoms with van der Waals surface area (Å²) < 4.78 is 5.26. The molecule has 0 spiro atoms. The number of methoxy groups -OCH3 is 1. The minimum atomic E-state index is -0.401. The zero-order chi connectivity index (χ0) is 21.1. The Morgan fingerprint density at radius 3 is 2.37 bits per heavy atom. The minimum absolute atomic E-state index is 0.0942. The largest absolute Gasteiger partial charge is 0.497 e. The molecule has 3 aromatic carbocycles. The van der Waals surface area contributed by atoms with Gasteiger partial charge in [-0.2, -0.15) is 0 Å². The molecule has 30 heavy (non-hydrogen) atoms. The van der Waals surface area contributed by atoms with Crippen LogP contribution in [0.1, 0.15) is 11.1 Å². The van der Waals surface area contributed by atoms with Crippen molar-refractivity contribution in [2.24, 2.45) is 0 Å². The molecule has 4 rings (SSSR count). The van der Waals surface area contributed by atoms with E-state index in [0.717, 1.165) is 0 Å². The van der Waals surface area contributed by atoms with Crippen LogP contribution in [0.4, 0.5) is 5.69 Å². The lowest BCUT2D eigenvalue weighted by molar-refractivity contribution is -0.137. The number of amides is 2. The highest BCUT2D eigenvalue weighted by molar-refractivity contribution is 6.36. The lowest BCUT2D eigenvalue weighted by Gasteiger charge is -2.16. The van der Waals surface area contributed by atoms with E-state index in [-0.39, 0.29) is 18.1 Å². The van der Waals surface area contributed by atoms with Gasteiger partial charge in [-0.25, -0.2) is 0 Å². The van der Waals surface area contributed by atoms with Gasteiger partial charge < -0.3 is 10.1 Å². The van der Waals surface area contributed by atoms with Gasteiger partial charge in [-0.05, 0) is 29.3 Å². The molecule has 0 saturated heterocycles. The van der Waals surface area contributed by atoms with E-state index in [1.807, 2.05) is 60.7 Å². The molecule has 5 nitrogen and oxygen atoms in total. The predicted molar refractivity (Wildman–Crippen MR) is 117 cm³/mol. The third-order valence-electron chi connectivity index (χ3n) is 4.86. The van der Waals surface area contributed by atoms with Crippen LogP contribution in [0.3, 0.4) is 0 Å². The number of benzene rings is 3.